The summed E-state index contributed by atoms with van der Waals surface area (Å²) in [5, 5.41) is 16.1. The maximum absolute atomic E-state index is 12.6. The number of aliphatic carboxylic acids is 2. The first-order chi connectivity index (χ1) is 4.45. The molecular formula is C5H8FLiO4. The summed E-state index contributed by atoms with van der Waals surface area (Å²) in [4.78, 5) is 19.9. The Morgan fingerprint density at radius 3 is 1.64 bits per heavy atom. The standard InChI is InChI=1S/C5H7FO4.Li.H/c1-2-5(6,3(7)8)4(9)10;;/h2H2,1H3,(H,7,8)(H,9,10);;. The van der Waals surface area contributed by atoms with Crippen molar-refractivity contribution >= 4 is 30.8 Å². The van der Waals surface area contributed by atoms with Gasteiger partial charge in [-0.15, -0.1) is 0 Å². The van der Waals surface area contributed by atoms with Crippen molar-refractivity contribution in [2.75, 3.05) is 0 Å². The number of halogens is 1. The Bertz CT molecular complexity index is 156. The van der Waals surface area contributed by atoms with Gasteiger partial charge < -0.3 is 10.2 Å². The van der Waals surface area contributed by atoms with E-state index in [1.54, 1.807) is 0 Å². The van der Waals surface area contributed by atoms with Gasteiger partial charge in [0.1, 0.15) is 0 Å². The van der Waals surface area contributed by atoms with Crippen LogP contribution in [0.5, 0.6) is 0 Å². The SMILES string of the molecule is CCC(F)(C(=O)O)C(=O)O.[LiH]. The molecule has 0 unspecified atom stereocenters. The van der Waals surface area contributed by atoms with Crippen LogP contribution in [0.25, 0.3) is 0 Å². The molecule has 60 valence electrons. The van der Waals surface area contributed by atoms with Gasteiger partial charge in [0, 0.05) is 6.42 Å². The molecule has 11 heavy (non-hydrogen) atoms. The molecule has 0 aromatic carbocycles. The number of rotatable bonds is 3. The van der Waals surface area contributed by atoms with Crippen LogP contribution < -0.4 is 0 Å². The van der Waals surface area contributed by atoms with Gasteiger partial charge >= 0.3 is 36.5 Å². The summed E-state index contributed by atoms with van der Waals surface area (Å²) in [6.07, 6.45) is -0.572. The average Bonchev–Trinajstić information content (AvgIpc) is 1.85. The van der Waals surface area contributed by atoms with Crippen LogP contribution in [-0.2, 0) is 9.59 Å². The summed E-state index contributed by atoms with van der Waals surface area (Å²) in [6, 6.07) is 0. The molecule has 2 N–H and O–H groups in total. The zero-order valence-electron chi connectivity index (χ0n) is 5.30. The van der Waals surface area contributed by atoms with Crippen LogP contribution in [-0.4, -0.2) is 46.7 Å². The van der Waals surface area contributed by atoms with Crippen molar-refractivity contribution in [2.45, 2.75) is 19.0 Å². The van der Waals surface area contributed by atoms with E-state index in [0.29, 0.717) is 0 Å². The normalized spacial score (nSPS) is 10.0. The first-order valence-corrected chi connectivity index (χ1v) is 2.61. The van der Waals surface area contributed by atoms with E-state index in [1.165, 1.54) is 0 Å². The molecule has 0 rings (SSSR count). The fourth-order valence-corrected chi connectivity index (χ4v) is 0.394. The van der Waals surface area contributed by atoms with Gasteiger partial charge in [-0.3, -0.25) is 0 Å². The van der Waals surface area contributed by atoms with Gasteiger partial charge in [0.25, 0.3) is 0 Å². The van der Waals surface area contributed by atoms with Crippen molar-refractivity contribution in [3.8, 4) is 0 Å². The molecule has 6 heteroatoms. The van der Waals surface area contributed by atoms with Crippen LogP contribution in [0.15, 0.2) is 0 Å². The molecule has 0 saturated heterocycles. The molecule has 0 spiro atoms. The van der Waals surface area contributed by atoms with E-state index in [4.69, 9.17) is 10.2 Å². The van der Waals surface area contributed by atoms with E-state index in [0.717, 1.165) is 6.92 Å². The quantitative estimate of drug-likeness (QED) is 0.433. The van der Waals surface area contributed by atoms with E-state index in [1.807, 2.05) is 0 Å². The van der Waals surface area contributed by atoms with Crippen LogP contribution >= 0.6 is 0 Å². The molecule has 0 fully saturated rings. The van der Waals surface area contributed by atoms with Gasteiger partial charge in [0.05, 0.1) is 0 Å². The molecule has 0 amide bonds. The summed E-state index contributed by atoms with van der Waals surface area (Å²) >= 11 is 0. The second-order valence-electron chi connectivity index (χ2n) is 1.77. The van der Waals surface area contributed by atoms with Gasteiger partial charge in [-0.25, -0.2) is 14.0 Å². The van der Waals surface area contributed by atoms with Gasteiger partial charge in [-0.2, -0.15) is 0 Å². The Balaban J connectivity index is 0. The predicted molar refractivity (Wildman–Crippen MR) is 36.6 cm³/mol. The van der Waals surface area contributed by atoms with Crippen molar-refractivity contribution in [1.82, 2.24) is 0 Å². The second kappa shape index (κ2) is 4.37. The molecule has 4 nitrogen and oxygen atoms in total. The van der Waals surface area contributed by atoms with Crippen LogP contribution in [0.1, 0.15) is 13.3 Å². The fourth-order valence-electron chi connectivity index (χ4n) is 0.394. The number of alkyl halides is 1. The molecule has 0 radical (unpaired) electrons. The number of hydrogen-bond donors (Lipinski definition) is 2. The second-order valence-corrected chi connectivity index (χ2v) is 1.77. The monoisotopic (exact) mass is 158 g/mol. The third-order valence-corrected chi connectivity index (χ3v) is 1.17. The van der Waals surface area contributed by atoms with E-state index in [2.05, 4.69) is 0 Å². The molecular weight excluding hydrogens is 150 g/mol. The van der Waals surface area contributed by atoms with Gasteiger partial charge in [-0.05, 0) is 0 Å². The molecule has 0 saturated carbocycles. The topological polar surface area (TPSA) is 74.6 Å². The minimum absolute atomic E-state index is 0. The van der Waals surface area contributed by atoms with Crippen LogP contribution in [0.3, 0.4) is 0 Å². The van der Waals surface area contributed by atoms with E-state index in [9.17, 15) is 14.0 Å². The van der Waals surface area contributed by atoms with E-state index < -0.39 is 24.0 Å². The Morgan fingerprint density at radius 2 is 1.64 bits per heavy atom. The first kappa shape index (κ1) is 13.1. The molecule has 0 aliphatic heterocycles. The summed E-state index contributed by atoms with van der Waals surface area (Å²) in [5.41, 5.74) is -3.12. The van der Waals surface area contributed by atoms with Crippen molar-refractivity contribution in [3.05, 3.63) is 0 Å². The predicted octanol–water partition coefficient (Wildman–Crippen LogP) is -0.375. The molecule has 0 aliphatic rings. The van der Waals surface area contributed by atoms with Gasteiger partial charge in [0.2, 0.25) is 0 Å². The third kappa shape index (κ3) is 2.52. The van der Waals surface area contributed by atoms with E-state index >= 15 is 0 Å². The summed E-state index contributed by atoms with van der Waals surface area (Å²) < 4.78 is 12.6. The molecule has 0 aromatic rings. The zero-order valence-corrected chi connectivity index (χ0v) is 5.30. The van der Waals surface area contributed by atoms with Gasteiger partial charge in [0.15, 0.2) is 0 Å². The minimum atomic E-state index is -3.12. The fraction of sp³-hybridized carbons (Fsp3) is 0.600. The summed E-state index contributed by atoms with van der Waals surface area (Å²) in [6.45, 7) is 1.15. The molecule has 0 bridgehead atoms. The zero-order chi connectivity index (χ0) is 8.36. The Labute approximate surface area is 74.6 Å². The number of carboxylic acids is 2. The van der Waals surface area contributed by atoms with Crippen molar-refractivity contribution in [3.63, 3.8) is 0 Å². The van der Waals surface area contributed by atoms with Crippen molar-refractivity contribution in [2.24, 2.45) is 0 Å². The Morgan fingerprint density at radius 1 is 1.36 bits per heavy atom. The molecule has 0 atom stereocenters. The van der Waals surface area contributed by atoms with Crippen LogP contribution in [0.2, 0.25) is 0 Å². The number of carboxylic acid groups (broad SMARTS) is 2. The van der Waals surface area contributed by atoms with Crippen molar-refractivity contribution < 1.29 is 24.2 Å². The summed E-state index contributed by atoms with van der Waals surface area (Å²) in [7, 11) is 0. The first-order valence-electron chi connectivity index (χ1n) is 2.61. The molecule has 0 aliphatic carbocycles. The number of hydrogen-bond acceptors (Lipinski definition) is 2. The average molecular weight is 158 g/mol. The summed E-state index contributed by atoms with van der Waals surface area (Å²) in [5.74, 6) is -3.91. The third-order valence-electron chi connectivity index (χ3n) is 1.17. The van der Waals surface area contributed by atoms with Crippen molar-refractivity contribution in [1.29, 1.82) is 0 Å². The molecule has 0 aromatic heterocycles. The number of carbonyl (C=O) groups is 2. The van der Waals surface area contributed by atoms with Gasteiger partial charge in [-0.1, -0.05) is 6.92 Å². The van der Waals surface area contributed by atoms with Crippen LogP contribution in [0, 0.1) is 0 Å². The Hall–Kier alpha value is -0.533. The van der Waals surface area contributed by atoms with Crippen LogP contribution in [0.4, 0.5) is 4.39 Å². The van der Waals surface area contributed by atoms with E-state index in [-0.39, 0.29) is 18.9 Å². The molecule has 0 heterocycles. The Kier molecular flexibility index (Phi) is 5.20. The maximum atomic E-state index is 12.6.